The fourth-order valence-electron chi connectivity index (χ4n) is 3.56. The molecule has 3 heterocycles. The highest BCUT2D eigenvalue weighted by Gasteiger charge is 2.18. The van der Waals surface area contributed by atoms with E-state index in [1.165, 1.54) is 29.0 Å². The quantitative estimate of drug-likeness (QED) is 0.307. The molecule has 3 aromatic heterocycles. The fraction of sp³-hybridized carbons (Fsp3) is 0.0870. The Balaban J connectivity index is 1.43. The third-order valence-electron chi connectivity index (χ3n) is 5.31. The molecule has 0 fully saturated rings. The van der Waals surface area contributed by atoms with Crippen LogP contribution in [0.2, 0.25) is 0 Å². The summed E-state index contributed by atoms with van der Waals surface area (Å²) in [5, 5.41) is 22.5. The molecule has 1 amide bonds. The van der Waals surface area contributed by atoms with E-state index in [4.69, 9.17) is 0 Å². The molecule has 0 saturated carbocycles. The minimum atomic E-state index is -0.486. The molecule has 0 aliphatic carbocycles. The molecule has 34 heavy (non-hydrogen) atoms. The lowest BCUT2D eigenvalue weighted by Gasteiger charge is -2.08. The Hall–Kier alpha value is -4.93. The molecule has 0 unspecified atom stereocenters. The zero-order valence-electron chi connectivity index (χ0n) is 18.0. The fourth-order valence-corrected chi connectivity index (χ4v) is 3.56. The number of hydrogen-bond acceptors (Lipinski definition) is 7. The van der Waals surface area contributed by atoms with E-state index in [2.05, 4.69) is 25.5 Å². The number of aromatic nitrogens is 6. The van der Waals surface area contributed by atoms with Crippen molar-refractivity contribution in [2.75, 3.05) is 5.32 Å². The van der Waals surface area contributed by atoms with Gasteiger partial charge in [0, 0.05) is 30.0 Å². The van der Waals surface area contributed by atoms with Gasteiger partial charge in [-0.15, -0.1) is 0 Å². The van der Waals surface area contributed by atoms with E-state index in [-0.39, 0.29) is 17.2 Å². The first-order chi connectivity index (χ1) is 16.5. The van der Waals surface area contributed by atoms with Gasteiger partial charge in [0.05, 0.1) is 17.2 Å². The average Bonchev–Trinajstić information content (AvgIpc) is 3.49. The van der Waals surface area contributed by atoms with Gasteiger partial charge in [-0.25, -0.2) is 4.98 Å². The van der Waals surface area contributed by atoms with Gasteiger partial charge in [0.2, 0.25) is 0 Å². The summed E-state index contributed by atoms with van der Waals surface area (Å²) in [6.45, 7) is 2.61. The summed E-state index contributed by atoms with van der Waals surface area (Å²) in [5.74, 6) is 0.102. The predicted molar refractivity (Wildman–Crippen MR) is 123 cm³/mol. The standard InChI is InChI=1S/C23H18N8O3/c1-15-5-2-3-6-17(15)13-29-10-9-21(28-29)27-22(32)20-12-19(26-23-24-14-25-30(20)23)16-7-4-8-18(11-16)31(33)34/h2-12,14H,13H2,1H3,(H,27,28,32). The number of aryl methyl sites for hydroxylation is 1. The van der Waals surface area contributed by atoms with Crippen molar-refractivity contribution in [1.29, 1.82) is 0 Å². The molecule has 0 atom stereocenters. The maximum Gasteiger partial charge on any atom is 0.275 e. The lowest BCUT2D eigenvalue weighted by Crippen LogP contribution is -2.18. The number of fused-ring (bicyclic) bond motifs is 1. The Labute approximate surface area is 192 Å². The first-order valence-corrected chi connectivity index (χ1v) is 10.3. The molecule has 5 rings (SSSR count). The summed E-state index contributed by atoms with van der Waals surface area (Å²) in [6.07, 6.45) is 3.07. The summed E-state index contributed by atoms with van der Waals surface area (Å²) < 4.78 is 3.05. The Morgan fingerprint density at radius 3 is 2.79 bits per heavy atom. The Kier molecular flexibility index (Phi) is 5.26. The number of amides is 1. The van der Waals surface area contributed by atoms with Crippen LogP contribution in [0.25, 0.3) is 17.0 Å². The van der Waals surface area contributed by atoms with Crippen LogP contribution in [0.5, 0.6) is 0 Å². The number of rotatable bonds is 6. The van der Waals surface area contributed by atoms with Crippen molar-refractivity contribution in [3.8, 4) is 11.3 Å². The van der Waals surface area contributed by atoms with Crippen molar-refractivity contribution in [1.82, 2.24) is 29.4 Å². The van der Waals surface area contributed by atoms with E-state index in [0.717, 1.165) is 11.1 Å². The van der Waals surface area contributed by atoms with Crippen LogP contribution < -0.4 is 5.32 Å². The van der Waals surface area contributed by atoms with Gasteiger partial charge >= 0.3 is 0 Å². The van der Waals surface area contributed by atoms with Gasteiger partial charge in [-0.1, -0.05) is 36.4 Å². The maximum atomic E-state index is 13.1. The largest absolute Gasteiger partial charge is 0.304 e. The lowest BCUT2D eigenvalue weighted by atomic mass is 10.1. The summed E-state index contributed by atoms with van der Waals surface area (Å²) in [5.41, 5.74) is 3.21. The van der Waals surface area contributed by atoms with Gasteiger partial charge in [-0.3, -0.25) is 19.6 Å². The molecule has 168 valence electrons. The molecule has 11 nitrogen and oxygen atoms in total. The zero-order chi connectivity index (χ0) is 23.7. The first kappa shape index (κ1) is 20.9. The third-order valence-corrected chi connectivity index (χ3v) is 5.31. The molecular formula is C23H18N8O3. The van der Waals surface area contributed by atoms with E-state index < -0.39 is 10.8 Å². The monoisotopic (exact) mass is 454 g/mol. The van der Waals surface area contributed by atoms with Gasteiger partial charge in [-0.05, 0) is 24.1 Å². The van der Waals surface area contributed by atoms with Crippen LogP contribution in [0.3, 0.4) is 0 Å². The van der Waals surface area contributed by atoms with Crippen LogP contribution in [-0.4, -0.2) is 40.2 Å². The van der Waals surface area contributed by atoms with Crippen molar-refractivity contribution in [2.24, 2.45) is 0 Å². The molecule has 5 aromatic rings. The smallest absolute Gasteiger partial charge is 0.275 e. The predicted octanol–water partition coefficient (Wildman–Crippen LogP) is 3.51. The number of nitro benzene ring substituents is 1. The molecule has 1 N–H and O–H groups in total. The first-order valence-electron chi connectivity index (χ1n) is 10.3. The van der Waals surface area contributed by atoms with Crippen molar-refractivity contribution >= 4 is 23.2 Å². The van der Waals surface area contributed by atoms with Crippen molar-refractivity contribution in [3.63, 3.8) is 0 Å². The number of carbonyl (C=O) groups excluding carboxylic acids is 1. The number of nitro groups is 1. The van der Waals surface area contributed by atoms with Gasteiger partial charge in [0.15, 0.2) is 5.82 Å². The number of non-ortho nitro benzene ring substituents is 1. The van der Waals surface area contributed by atoms with Crippen molar-refractivity contribution < 1.29 is 9.72 Å². The molecule has 0 bridgehead atoms. The van der Waals surface area contributed by atoms with Crippen LogP contribution in [-0.2, 0) is 6.54 Å². The lowest BCUT2D eigenvalue weighted by molar-refractivity contribution is -0.384. The molecule has 0 radical (unpaired) electrons. The van der Waals surface area contributed by atoms with Crippen LogP contribution in [0.15, 0.2) is 73.2 Å². The van der Waals surface area contributed by atoms with E-state index in [1.807, 2.05) is 31.2 Å². The van der Waals surface area contributed by atoms with Crippen molar-refractivity contribution in [2.45, 2.75) is 13.5 Å². The molecule has 11 heteroatoms. The van der Waals surface area contributed by atoms with E-state index in [1.54, 1.807) is 29.1 Å². The topological polar surface area (TPSA) is 133 Å². The second-order valence-electron chi connectivity index (χ2n) is 7.59. The molecular weight excluding hydrogens is 436 g/mol. The molecule has 0 aliphatic rings. The van der Waals surface area contributed by atoms with E-state index in [9.17, 15) is 14.9 Å². The number of hydrogen-bond donors (Lipinski definition) is 1. The highest BCUT2D eigenvalue weighted by molar-refractivity contribution is 6.03. The van der Waals surface area contributed by atoms with Gasteiger partial charge < -0.3 is 5.32 Å². The summed E-state index contributed by atoms with van der Waals surface area (Å²) in [4.78, 5) is 32.3. The molecule has 0 saturated heterocycles. The summed E-state index contributed by atoms with van der Waals surface area (Å²) >= 11 is 0. The zero-order valence-corrected chi connectivity index (χ0v) is 18.0. The SMILES string of the molecule is Cc1ccccc1Cn1ccc(NC(=O)c2cc(-c3cccc([N+](=O)[O-])c3)nc3ncnn23)n1. The highest BCUT2D eigenvalue weighted by atomic mass is 16.6. The third kappa shape index (κ3) is 4.09. The minimum absolute atomic E-state index is 0.0779. The van der Waals surface area contributed by atoms with Gasteiger partial charge in [-0.2, -0.15) is 19.7 Å². The number of carbonyl (C=O) groups is 1. The van der Waals surface area contributed by atoms with E-state index >= 15 is 0 Å². The minimum Gasteiger partial charge on any atom is -0.304 e. The number of anilines is 1. The highest BCUT2D eigenvalue weighted by Crippen LogP contribution is 2.24. The van der Waals surface area contributed by atoms with Gasteiger partial charge in [0.1, 0.15) is 12.0 Å². The second kappa shape index (κ2) is 8.54. The Bertz CT molecular complexity index is 1540. The number of nitrogens with one attached hydrogen (secondary N) is 1. The number of nitrogens with zero attached hydrogens (tertiary/aromatic N) is 7. The van der Waals surface area contributed by atoms with Crippen LogP contribution in [0, 0.1) is 17.0 Å². The maximum absolute atomic E-state index is 13.1. The summed E-state index contributed by atoms with van der Waals surface area (Å²) in [6, 6.07) is 17.3. The molecule has 0 spiro atoms. The Morgan fingerprint density at radius 2 is 1.97 bits per heavy atom. The van der Waals surface area contributed by atoms with E-state index in [0.29, 0.717) is 23.6 Å². The summed E-state index contributed by atoms with van der Waals surface area (Å²) in [7, 11) is 0. The molecule has 2 aromatic carbocycles. The average molecular weight is 454 g/mol. The Morgan fingerprint density at radius 1 is 1.12 bits per heavy atom. The molecule has 0 aliphatic heterocycles. The van der Waals surface area contributed by atoms with Crippen molar-refractivity contribution in [3.05, 3.63) is 100 Å². The number of benzene rings is 2. The van der Waals surface area contributed by atoms with Crippen LogP contribution in [0.1, 0.15) is 21.6 Å². The van der Waals surface area contributed by atoms with Gasteiger partial charge in [0.25, 0.3) is 17.4 Å². The van der Waals surface area contributed by atoms with Crippen LogP contribution in [0.4, 0.5) is 11.5 Å². The second-order valence-corrected chi connectivity index (χ2v) is 7.59. The normalized spacial score (nSPS) is 11.0. The van der Waals surface area contributed by atoms with Crippen LogP contribution >= 0.6 is 0 Å².